The maximum Gasteiger partial charge on any atom is 0.267 e. The number of para-hydroxylation sites is 2. The molecule has 2 amide bonds. The van der Waals surface area contributed by atoms with Crippen molar-refractivity contribution in [3.05, 3.63) is 48.0 Å². The first kappa shape index (κ1) is 22.9. The summed E-state index contributed by atoms with van der Waals surface area (Å²) in [5.41, 5.74) is 1.59. The molecule has 0 saturated carbocycles. The second kappa shape index (κ2) is 10.6. The van der Waals surface area contributed by atoms with Crippen LogP contribution < -0.4 is 24.4 Å². The van der Waals surface area contributed by atoms with Gasteiger partial charge in [-0.2, -0.15) is 0 Å². The number of carbonyl (C=O) groups is 2. The lowest BCUT2D eigenvalue weighted by molar-refractivity contribution is -0.125. The summed E-state index contributed by atoms with van der Waals surface area (Å²) in [6.45, 7) is 3.64. The molecule has 8 nitrogen and oxygen atoms in total. The Morgan fingerprint density at radius 1 is 1.21 bits per heavy atom. The predicted octanol–water partition coefficient (Wildman–Crippen LogP) is 3.07. The molecule has 1 fully saturated rings. The van der Waals surface area contributed by atoms with E-state index in [0.29, 0.717) is 36.1 Å². The van der Waals surface area contributed by atoms with Crippen molar-refractivity contribution >= 4 is 17.5 Å². The molecular formula is C25H30N2O6. The number of carbonyl (C=O) groups excluding carboxylic acids is 2. The van der Waals surface area contributed by atoms with Gasteiger partial charge in [-0.1, -0.05) is 18.2 Å². The zero-order valence-corrected chi connectivity index (χ0v) is 19.0. The molecule has 2 aromatic rings. The van der Waals surface area contributed by atoms with Crippen LogP contribution in [0.15, 0.2) is 42.5 Å². The van der Waals surface area contributed by atoms with Crippen LogP contribution in [-0.4, -0.2) is 50.9 Å². The fourth-order valence-electron chi connectivity index (χ4n) is 3.99. The molecule has 2 heterocycles. The molecule has 8 heteroatoms. The number of hydrogen-bond donors (Lipinski definition) is 1. The molecule has 0 aliphatic carbocycles. The highest BCUT2D eigenvalue weighted by Crippen LogP contribution is 2.33. The van der Waals surface area contributed by atoms with Crippen LogP contribution in [0.2, 0.25) is 0 Å². The van der Waals surface area contributed by atoms with Gasteiger partial charge in [0.15, 0.2) is 17.6 Å². The number of nitrogens with one attached hydrogen (secondary N) is 1. The van der Waals surface area contributed by atoms with Crippen molar-refractivity contribution in [2.45, 2.75) is 44.9 Å². The van der Waals surface area contributed by atoms with Gasteiger partial charge in [0.1, 0.15) is 12.4 Å². The zero-order chi connectivity index (χ0) is 23.2. The summed E-state index contributed by atoms with van der Waals surface area (Å²) in [6, 6.07) is 13.0. The van der Waals surface area contributed by atoms with Gasteiger partial charge in [0, 0.05) is 26.1 Å². The molecule has 0 aromatic heterocycles. The molecule has 2 aromatic carbocycles. The lowest BCUT2D eigenvalue weighted by atomic mass is 10.1. The Labute approximate surface area is 193 Å². The summed E-state index contributed by atoms with van der Waals surface area (Å²) >= 11 is 0. The summed E-state index contributed by atoms with van der Waals surface area (Å²) in [5.74, 6) is 1.63. The first-order valence-corrected chi connectivity index (χ1v) is 11.3. The number of methoxy groups -OCH3 is 1. The number of anilines is 1. The number of fused-ring (bicyclic) bond motifs is 1. The molecule has 0 bridgehead atoms. The Kier molecular flexibility index (Phi) is 7.34. The number of hydrogen-bond acceptors (Lipinski definition) is 6. The van der Waals surface area contributed by atoms with Gasteiger partial charge in [0.25, 0.3) is 5.91 Å². The van der Waals surface area contributed by atoms with E-state index in [0.717, 1.165) is 25.0 Å². The number of ether oxygens (including phenoxy) is 4. The number of nitrogens with zero attached hydrogens (tertiary/aromatic N) is 1. The van der Waals surface area contributed by atoms with Crippen molar-refractivity contribution in [3.8, 4) is 17.2 Å². The molecule has 0 radical (unpaired) electrons. The number of benzene rings is 2. The molecule has 2 aliphatic heterocycles. The zero-order valence-electron chi connectivity index (χ0n) is 19.0. The molecule has 1 N–H and O–H groups in total. The average molecular weight is 455 g/mol. The van der Waals surface area contributed by atoms with Crippen LogP contribution in [0.25, 0.3) is 0 Å². The van der Waals surface area contributed by atoms with E-state index in [9.17, 15) is 9.59 Å². The Hall–Kier alpha value is -3.26. The smallest absolute Gasteiger partial charge is 0.267 e. The fraction of sp³-hybridized carbons (Fsp3) is 0.440. The molecule has 33 heavy (non-hydrogen) atoms. The van der Waals surface area contributed by atoms with Gasteiger partial charge in [-0.15, -0.1) is 0 Å². The molecule has 176 valence electrons. The van der Waals surface area contributed by atoms with E-state index >= 15 is 0 Å². The highest BCUT2D eigenvalue weighted by Gasteiger charge is 2.31. The van der Waals surface area contributed by atoms with E-state index in [2.05, 4.69) is 5.32 Å². The Balaban J connectivity index is 1.29. The van der Waals surface area contributed by atoms with Gasteiger partial charge in [-0.25, -0.2) is 0 Å². The van der Waals surface area contributed by atoms with E-state index in [-0.39, 0.29) is 30.9 Å². The van der Waals surface area contributed by atoms with Gasteiger partial charge >= 0.3 is 0 Å². The van der Waals surface area contributed by atoms with Crippen LogP contribution in [0.3, 0.4) is 0 Å². The predicted molar refractivity (Wildman–Crippen MR) is 123 cm³/mol. The monoisotopic (exact) mass is 454 g/mol. The van der Waals surface area contributed by atoms with Gasteiger partial charge in [0.2, 0.25) is 5.91 Å². The molecule has 2 aliphatic rings. The number of amides is 2. The summed E-state index contributed by atoms with van der Waals surface area (Å²) in [6.07, 6.45) is 1.81. The van der Waals surface area contributed by atoms with Crippen molar-refractivity contribution in [2.75, 3.05) is 31.8 Å². The Morgan fingerprint density at radius 3 is 2.85 bits per heavy atom. The third-order valence-electron chi connectivity index (χ3n) is 5.80. The summed E-state index contributed by atoms with van der Waals surface area (Å²) in [7, 11) is 1.59. The van der Waals surface area contributed by atoms with Gasteiger partial charge in [-0.05, 0) is 49.6 Å². The molecule has 1 saturated heterocycles. The molecule has 4 rings (SSSR count). The normalized spacial score (nSPS) is 19.6. The second-order valence-electron chi connectivity index (χ2n) is 8.18. The van der Waals surface area contributed by atoms with Gasteiger partial charge in [-0.3, -0.25) is 9.59 Å². The lowest BCUT2D eigenvalue weighted by Crippen LogP contribution is -2.45. The first-order chi connectivity index (χ1) is 16.0. The standard InChI is InChI=1S/C25H30N2O6/c1-17-25(29)27(20-7-3-4-8-21(20)33-17)12-11-24(28)26-15-18-9-10-22(23(14-18)30-2)32-16-19-6-5-13-31-19/h3-4,7-10,14,17,19H,5-6,11-13,15-16H2,1-2H3,(H,26,28). The fourth-order valence-corrected chi connectivity index (χ4v) is 3.99. The minimum Gasteiger partial charge on any atom is -0.493 e. The minimum atomic E-state index is -0.573. The quantitative estimate of drug-likeness (QED) is 0.627. The summed E-state index contributed by atoms with van der Waals surface area (Å²) in [5, 5.41) is 2.91. The maximum absolute atomic E-state index is 12.6. The first-order valence-electron chi connectivity index (χ1n) is 11.3. The second-order valence-corrected chi connectivity index (χ2v) is 8.18. The van der Waals surface area contributed by atoms with Crippen molar-refractivity contribution in [2.24, 2.45) is 0 Å². The van der Waals surface area contributed by atoms with Crippen LogP contribution in [-0.2, 0) is 20.9 Å². The van der Waals surface area contributed by atoms with E-state index in [4.69, 9.17) is 18.9 Å². The molecule has 2 unspecified atom stereocenters. The van der Waals surface area contributed by atoms with Gasteiger partial charge < -0.3 is 29.2 Å². The van der Waals surface area contributed by atoms with Crippen LogP contribution in [0.4, 0.5) is 5.69 Å². The van der Waals surface area contributed by atoms with Crippen molar-refractivity contribution in [1.82, 2.24) is 5.32 Å². The molecule has 0 spiro atoms. The summed E-state index contributed by atoms with van der Waals surface area (Å²) < 4.78 is 22.6. The van der Waals surface area contributed by atoms with Crippen LogP contribution in [0, 0.1) is 0 Å². The van der Waals surface area contributed by atoms with Crippen LogP contribution in [0.5, 0.6) is 17.2 Å². The van der Waals surface area contributed by atoms with Crippen molar-refractivity contribution < 1.29 is 28.5 Å². The highest BCUT2D eigenvalue weighted by atomic mass is 16.5. The van der Waals surface area contributed by atoms with Gasteiger partial charge in [0.05, 0.1) is 18.9 Å². The number of rotatable bonds is 9. The van der Waals surface area contributed by atoms with E-state index in [1.54, 1.807) is 18.9 Å². The SMILES string of the molecule is COc1cc(CNC(=O)CCN2C(=O)C(C)Oc3ccccc32)ccc1OCC1CCCO1. The van der Waals surface area contributed by atoms with E-state index < -0.39 is 6.10 Å². The molecular weight excluding hydrogens is 424 g/mol. The summed E-state index contributed by atoms with van der Waals surface area (Å²) in [4.78, 5) is 26.7. The third kappa shape index (κ3) is 5.57. The third-order valence-corrected chi connectivity index (χ3v) is 5.80. The van der Waals surface area contributed by atoms with Crippen LogP contribution in [0.1, 0.15) is 31.7 Å². The lowest BCUT2D eigenvalue weighted by Gasteiger charge is -2.32. The Bertz CT molecular complexity index is 989. The highest BCUT2D eigenvalue weighted by molar-refractivity contribution is 6.00. The van der Waals surface area contributed by atoms with Crippen LogP contribution >= 0.6 is 0 Å². The van der Waals surface area contributed by atoms with Crippen molar-refractivity contribution in [3.63, 3.8) is 0 Å². The average Bonchev–Trinajstić information content (AvgIpc) is 3.35. The maximum atomic E-state index is 12.6. The van der Waals surface area contributed by atoms with Crippen molar-refractivity contribution in [1.29, 1.82) is 0 Å². The van der Waals surface area contributed by atoms with E-state index in [1.165, 1.54) is 0 Å². The largest absolute Gasteiger partial charge is 0.493 e. The molecule has 2 atom stereocenters. The minimum absolute atomic E-state index is 0.127. The Morgan fingerprint density at radius 2 is 2.06 bits per heavy atom. The van der Waals surface area contributed by atoms with E-state index in [1.807, 2.05) is 42.5 Å². The topological polar surface area (TPSA) is 86.3 Å².